The Morgan fingerprint density at radius 1 is 1.41 bits per heavy atom. The average molecular weight is 260 g/mol. The maximum Gasteiger partial charge on any atom is 0.127 e. The number of halogens is 2. The van der Waals surface area contributed by atoms with Crippen molar-refractivity contribution in [3.63, 3.8) is 0 Å². The summed E-state index contributed by atoms with van der Waals surface area (Å²) >= 11 is 5.86. The lowest BCUT2D eigenvalue weighted by molar-refractivity contribution is 0.183. The Morgan fingerprint density at radius 2 is 2.12 bits per heavy atom. The molecule has 96 valence electrons. The van der Waals surface area contributed by atoms with Gasteiger partial charge in [0.1, 0.15) is 5.82 Å². The maximum atomic E-state index is 13.6. The average Bonchev–Trinajstić information content (AvgIpc) is 2.28. The number of hydrogen-bond donors (Lipinski definition) is 1. The first-order valence-electron chi connectivity index (χ1n) is 5.83. The molecule has 0 aliphatic carbocycles. The van der Waals surface area contributed by atoms with E-state index < -0.39 is 0 Å². The quantitative estimate of drug-likeness (QED) is 0.849. The Labute approximate surface area is 107 Å². The molecule has 1 aromatic carbocycles. The fourth-order valence-electron chi connectivity index (χ4n) is 1.68. The Kier molecular flexibility index (Phi) is 5.89. The zero-order valence-electron chi connectivity index (χ0n) is 10.3. The summed E-state index contributed by atoms with van der Waals surface area (Å²) in [6.45, 7) is 5.53. The van der Waals surface area contributed by atoms with Gasteiger partial charge in [0.25, 0.3) is 0 Å². The molecule has 0 aliphatic rings. The van der Waals surface area contributed by atoms with Crippen LogP contribution in [0.15, 0.2) is 18.2 Å². The van der Waals surface area contributed by atoms with Gasteiger partial charge in [-0.05, 0) is 38.5 Å². The van der Waals surface area contributed by atoms with Crippen LogP contribution in [0.5, 0.6) is 0 Å². The number of aliphatic hydroxyl groups is 1. The molecule has 0 atom stereocenters. The molecule has 2 nitrogen and oxygen atoms in total. The molecule has 17 heavy (non-hydrogen) atoms. The van der Waals surface area contributed by atoms with Crippen LogP contribution < -0.4 is 0 Å². The first kappa shape index (κ1) is 14.4. The molecule has 0 spiro atoms. The molecule has 0 aliphatic heterocycles. The van der Waals surface area contributed by atoms with Crippen LogP contribution in [0.2, 0.25) is 5.02 Å². The lowest BCUT2D eigenvalue weighted by atomic mass is 10.1. The Balaban J connectivity index is 2.74. The first-order valence-corrected chi connectivity index (χ1v) is 6.21. The largest absolute Gasteiger partial charge is 0.396 e. The van der Waals surface area contributed by atoms with Crippen molar-refractivity contribution in [2.24, 2.45) is 0 Å². The molecule has 0 unspecified atom stereocenters. The topological polar surface area (TPSA) is 23.5 Å². The number of aliphatic hydroxyl groups excluding tert-OH is 1. The summed E-state index contributed by atoms with van der Waals surface area (Å²) in [5.74, 6) is -0.232. The second-order valence-corrected chi connectivity index (χ2v) is 4.81. The molecular formula is C13H19ClFNO. The summed E-state index contributed by atoms with van der Waals surface area (Å²) in [5, 5.41) is 9.39. The molecule has 0 amide bonds. The van der Waals surface area contributed by atoms with Crippen molar-refractivity contribution in [2.45, 2.75) is 32.9 Å². The minimum Gasteiger partial charge on any atom is -0.396 e. The highest BCUT2D eigenvalue weighted by Gasteiger charge is 2.12. The smallest absolute Gasteiger partial charge is 0.127 e. The van der Waals surface area contributed by atoms with Crippen LogP contribution >= 0.6 is 11.6 Å². The summed E-state index contributed by atoms with van der Waals surface area (Å²) in [7, 11) is 0. The van der Waals surface area contributed by atoms with Crippen LogP contribution in [0, 0.1) is 5.82 Å². The van der Waals surface area contributed by atoms with Crippen molar-refractivity contribution in [3.8, 4) is 0 Å². The Bertz CT molecular complexity index is 357. The van der Waals surface area contributed by atoms with Gasteiger partial charge in [-0.15, -0.1) is 0 Å². The first-order chi connectivity index (χ1) is 8.04. The van der Waals surface area contributed by atoms with Crippen molar-refractivity contribution in [1.29, 1.82) is 0 Å². The zero-order valence-corrected chi connectivity index (χ0v) is 11.0. The van der Waals surface area contributed by atoms with Gasteiger partial charge in [-0.2, -0.15) is 0 Å². The number of rotatable bonds is 6. The molecule has 1 rings (SSSR count). The molecular weight excluding hydrogens is 241 g/mol. The lowest BCUT2D eigenvalue weighted by Gasteiger charge is -2.26. The van der Waals surface area contributed by atoms with E-state index in [2.05, 4.69) is 18.7 Å². The van der Waals surface area contributed by atoms with E-state index in [4.69, 9.17) is 16.7 Å². The van der Waals surface area contributed by atoms with Crippen molar-refractivity contribution in [2.75, 3.05) is 13.2 Å². The van der Waals surface area contributed by atoms with Crippen molar-refractivity contribution in [3.05, 3.63) is 34.6 Å². The van der Waals surface area contributed by atoms with Gasteiger partial charge >= 0.3 is 0 Å². The highest BCUT2D eigenvalue weighted by molar-refractivity contribution is 6.30. The fourth-order valence-corrected chi connectivity index (χ4v) is 1.87. The van der Waals surface area contributed by atoms with Crippen LogP contribution in [-0.2, 0) is 6.54 Å². The van der Waals surface area contributed by atoms with Gasteiger partial charge in [-0.1, -0.05) is 11.6 Å². The minimum absolute atomic E-state index is 0.154. The van der Waals surface area contributed by atoms with E-state index >= 15 is 0 Å². The van der Waals surface area contributed by atoms with E-state index in [-0.39, 0.29) is 12.4 Å². The fraction of sp³-hybridized carbons (Fsp3) is 0.538. The predicted octanol–water partition coefficient (Wildman–Crippen LogP) is 3.07. The highest BCUT2D eigenvalue weighted by atomic mass is 35.5. The Hall–Kier alpha value is -0.640. The van der Waals surface area contributed by atoms with Crippen molar-refractivity contribution >= 4 is 11.6 Å². The molecule has 0 fully saturated rings. The second kappa shape index (κ2) is 6.94. The van der Waals surface area contributed by atoms with Gasteiger partial charge in [0.15, 0.2) is 0 Å². The van der Waals surface area contributed by atoms with Crippen molar-refractivity contribution in [1.82, 2.24) is 4.90 Å². The third kappa shape index (κ3) is 4.62. The van der Waals surface area contributed by atoms with Gasteiger partial charge < -0.3 is 5.11 Å². The molecule has 1 N–H and O–H groups in total. The van der Waals surface area contributed by atoms with Crippen LogP contribution in [0.3, 0.4) is 0 Å². The summed E-state index contributed by atoms with van der Waals surface area (Å²) in [5.41, 5.74) is 0.601. The van der Waals surface area contributed by atoms with E-state index in [0.717, 1.165) is 6.54 Å². The lowest BCUT2D eigenvalue weighted by Crippen LogP contribution is -2.32. The van der Waals surface area contributed by atoms with Crippen molar-refractivity contribution < 1.29 is 9.50 Å². The van der Waals surface area contributed by atoms with Crippen LogP contribution in [-0.4, -0.2) is 29.2 Å². The standard InChI is InChI=1S/C13H19ClFNO/c1-10(2)16(6-3-7-17)9-11-8-12(14)4-5-13(11)15/h4-5,8,10,17H,3,6-7,9H2,1-2H3. The molecule has 1 aromatic rings. The minimum atomic E-state index is -0.232. The molecule has 0 heterocycles. The highest BCUT2D eigenvalue weighted by Crippen LogP contribution is 2.17. The van der Waals surface area contributed by atoms with E-state index in [1.54, 1.807) is 12.1 Å². The van der Waals surface area contributed by atoms with Gasteiger partial charge in [0, 0.05) is 36.3 Å². The van der Waals surface area contributed by atoms with Gasteiger partial charge in [0.2, 0.25) is 0 Å². The number of hydrogen-bond acceptors (Lipinski definition) is 2. The number of nitrogens with zero attached hydrogens (tertiary/aromatic N) is 1. The van der Waals surface area contributed by atoms with Crippen LogP contribution in [0.25, 0.3) is 0 Å². The summed E-state index contributed by atoms with van der Waals surface area (Å²) < 4.78 is 13.6. The molecule has 0 radical (unpaired) electrons. The molecule has 0 saturated carbocycles. The molecule has 0 aromatic heterocycles. The molecule has 0 saturated heterocycles. The van der Waals surface area contributed by atoms with Gasteiger partial charge in [-0.25, -0.2) is 4.39 Å². The van der Waals surface area contributed by atoms with E-state index in [1.165, 1.54) is 6.07 Å². The predicted molar refractivity (Wildman–Crippen MR) is 68.7 cm³/mol. The third-order valence-corrected chi connectivity index (χ3v) is 2.95. The van der Waals surface area contributed by atoms with Crippen LogP contribution in [0.4, 0.5) is 4.39 Å². The zero-order chi connectivity index (χ0) is 12.8. The third-order valence-electron chi connectivity index (χ3n) is 2.71. The van der Waals surface area contributed by atoms with E-state index in [1.807, 2.05) is 0 Å². The summed E-state index contributed by atoms with van der Waals surface area (Å²) in [6, 6.07) is 4.90. The number of benzene rings is 1. The second-order valence-electron chi connectivity index (χ2n) is 4.38. The van der Waals surface area contributed by atoms with Crippen LogP contribution in [0.1, 0.15) is 25.8 Å². The summed E-state index contributed by atoms with van der Waals surface area (Å²) in [6.07, 6.45) is 0.695. The Morgan fingerprint density at radius 3 is 2.71 bits per heavy atom. The SMILES string of the molecule is CC(C)N(CCCO)Cc1cc(Cl)ccc1F. The monoisotopic (exact) mass is 259 g/mol. The van der Waals surface area contributed by atoms with Gasteiger partial charge in [-0.3, -0.25) is 4.90 Å². The van der Waals surface area contributed by atoms with E-state index in [9.17, 15) is 4.39 Å². The van der Waals surface area contributed by atoms with Gasteiger partial charge in [0.05, 0.1) is 0 Å². The molecule has 4 heteroatoms. The van der Waals surface area contributed by atoms with E-state index in [0.29, 0.717) is 29.6 Å². The maximum absolute atomic E-state index is 13.6. The normalized spacial score (nSPS) is 11.5. The molecule has 0 bridgehead atoms. The summed E-state index contributed by atoms with van der Waals surface area (Å²) in [4.78, 5) is 2.12.